The van der Waals surface area contributed by atoms with Gasteiger partial charge in [0, 0.05) is 40.7 Å². The third-order valence-electron chi connectivity index (χ3n) is 3.06. The Morgan fingerprint density at radius 3 is 3.13 bits per heavy atom. The summed E-state index contributed by atoms with van der Waals surface area (Å²) in [6.45, 7) is 5.24. The molecule has 0 saturated heterocycles. The minimum absolute atomic E-state index is 0.967. The van der Waals surface area contributed by atoms with Crippen LogP contribution in [0.15, 0.2) is 22.7 Å². The predicted octanol–water partition coefficient (Wildman–Crippen LogP) is 2.82. The highest BCUT2D eigenvalue weighted by molar-refractivity contribution is 9.10. The molecular weight excluding hydrogens is 252 g/mol. The van der Waals surface area contributed by atoms with Crippen molar-refractivity contribution in [3.8, 4) is 0 Å². The second-order valence-corrected chi connectivity index (χ2v) is 4.90. The van der Waals surface area contributed by atoms with Gasteiger partial charge in [-0.1, -0.05) is 11.6 Å². The first-order valence-electron chi connectivity index (χ1n) is 5.25. The Kier molecular flexibility index (Phi) is 2.11. The molecule has 3 rings (SSSR count). The van der Waals surface area contributed by atoms with Crippen molar-refractivity contribution < 1.29 is 0 Å². The molecule has 1 aliphatic rings. The number of rotatable bonds is 0. The molecule has 0 bridgehead atoms. The number of fused-ring (bicyclic) bond motifs is 3. The second kappa shape index (κ2) is 3.35. The van der Waals surface area contributed by atoms with Crippen molar-refractivity contribution >= 4 is 26.8 Å². The van der Waals surface area contributed by atoms with Crippen LogP contribution in [0.3, 0.4) is 0 Å². The lowest BCUT2D eigenvalue weighted by Crippen LogP contribution is -2.27. The van der Waals surface area contributed by atoms with Crippen molar-refractivity contribution in [3.63, 3.8) is 0 Å². The van der Waals surface area contributed by atoms with Crippen molar-refractivity contribution in [2.75, 3.05) is 6.54 Å². The van der Waals surface area contributed by atoms with E-state index in [1.807, 2.05) is 0 Å². The van der Waals surface area contributed by atoms with E-state index in [1.54, 1.807) is 0 Å². The number of benzene rings is 1. The molecule has 2 heterocycles. The quantitative estimate of drug-likeness (QED) is 0.775. The van der Waals surface area contributed by atoms with Crippen molar-refractivity contribution in [2.45, 2.75) is 20.0 Å². The number of halogens is 1. The van der Waals surface area contributed by atoms with E-state index < -0.39 is 0 Å². The molecule has 0 fully saturated rings. The van der Waals surface area contributed by atoms with Crippen LogP contribution in [0.1, 0.15) is 11.3 Å². The Labute approximate surface area is 97.4 Å². The van der Waals surface area contributed by atoms with Gasteiger partial charge in [-0.05, 0) is 35.0 Å². The van der Waals surface area contributed by atoms with Gasteiger partial charge in [0.1, 0.15) is 0 Å². The van der Waals surface area contributed by atoms with Gasteiger partial charge in [-0.25, -0.2) is 0 Å². The Morgan fingerprint density at radius 2 is 2.27 bits per heavy atom. The van der Waals surface area contributed by atoms with Gasteiger partial charge in [-0.3, -0.25) is 0 Å². The summed E-state index contributed by atoms with van der Waals surface area (Å²) in [6.07, 6.45) is 0. The number of hydrogen-bond acceptors (Lipinski definition) is 1. The van der Waals surface area contributed by atoms with Gasteiger partial charge >= 0.3 is 0 Å². The zero-order valence-corrected chi connectivity index (χ0v) is 10.3. The van der Waals surface area contributed by atoms with Crippen molar-refractivity contribution in [2.24, 2.45) is 0 Å². The standard InChI is InChI=1S/C12H13BrN2/c1-8-2-3-10-9(6-8)12(13)11-7-14-4-5-15(10)11/h2-3,6,14H,4-5,7H2,1H3. The molecule has 1 N–H and O–H groups in total. The summed E-state index contributed by atoms with van der Waals surface area (Å²) in [5, 5.41) is 4.75. The average molecular weight is 265 g/mol. The summed E-state index contributed by atoms with van der Waals surface area (Å²) in [5.74, 6) is 0. The highest BCUT2D eigenvalue weighted by atomic mass is 79.9. The van der Waals surface area contributed by atoms with E-state index in [9.17, 15) is 0 Å². The number of aromatic nitrogens is 1. The third-order valence-corrected chi connectivity index (χ3v) is 3.95. The molecule has 3 heteroatoms. The van der Waals surface area contributed by atoms with E-state index in [1.165, 1.54) is 26.6 Å². The van der Waals surface area contributed by atoms with E-state index in [4.69, 9.17) is 0 Å². The Hall–Kier alpha value is -0.800. The maximum atomic E-state index is 3.71. The summed E-state index contributed by atoms with van der Waals surface area (Å²) >= 11 is 3.71. The molecule has 78 valence electrons. The highest BCUT2D eigenvalue weighted by Crippen LogP contribution is 2.32. The lowest BCUT2D eigenvalue weighted by Gasteiger charge is -2.17. The van der Waals surface area contributed by atoms with Crippen LogP contribution < -0.4 is 5.32 Å². The van der Waals surface area contributed by atoms with Gasteiger partial charge in [-0.2, -0.15) is 0 Å². The molecule has 0 aliphatic carbocycles. The van der Waals surface area contributed by atoms with Crippen LogP contribution in [0.2, 0.25) is 0 Å². The van der Waals surface area contributed by atoms with Crippen molar-refractivity contribution in [1.29, 1.82) is 0 Å². The maximum absolute atomic E-state index is 3.71. The molecule has 1 aliphatic heterocycles. The van der Waals surface area contributed by atoms with E-state index in [0.29, 0.717) is 0 Å². The van der Waals surface area contributed by atoms with E-state index in [0.717, 1.165) is 19.6 Å². The number of nitrogens with zero attached hydrogens (tertiary/aromatic N) is 1. The number of hydrogen-bond donors (Lipinski definition) is 1. The molecule has 1 aromatic heterocycles. The first-order chi connectivity index (χ1) is 7.27. The van der Waals surface area contributed by atoms with Crippen LogP contribution in [0, 0.1) is 6.92 Å². The summed E-state index contributed by atoms with van der Waals surface area (Å²) in [7, 11) is 0. The van der Waals surface area contributed by atoms with Gasteiger partial charge < -0.3 is 9.88 Å². The monoisotopic (exact) mass is 264 g/mol. The SMILES string of the molecule is Cc1ccc2c(c1)c(Br)c1n2CCNC1. The van der Waals surface area contributed by atoms with Crippen LogP contribution in [-0.2, 0) is 13.1 Å². The zero-order chi connectivity index (χ0) is 10.4. The minimum atomic E-state index is 0.967. The fraction of sp³-hybridized carbons (Fsp3) is 0.333. The molecule has 0 spiro atoms. The Morgan fingerprint density at radius 1 is 1.40 bits per heavy atom. The van der Waals surface area contributed by atoms with Crippen molar-refractivity contribution in [3.05, 3.63) is 33.9 Å². The predicted molar refractivity (Wildman–Crippen MR) is 66.1 cm³/mol. The smallest absolute Gasteiger partial charge is 0.0495 e. The first kappa shape index (κ1) is 9.43. The number of aryl methyl sites for hydroxylation is 1. The topological polar surface area (TPSA) is 17.0 Å². The minimum Gasteiger partial charge on any atom is -0.341 e. The summed E-state index contributed by atoms with van der Waals surface area (Å²) in [6, 6.07) is 6.67. The Balaban J connectivity index is 2.38. The normalized spacial score (nSPS) is 15.6. The van der Waals surface area contributed by atoms with Crippen LogP contribution >= 0.6 is 15.9 Å². The molecule has 0 radical (unpaired) electrons. The molecule has 2 nitrogen and oxygen atoms in total. The Bertz CT molecular complexity index is 528. The van der Waals surface area contributed by atoms with E-state index in [-0.39, 0.29) is 0 Å². The van der Waals surface area contributed by atoms with Gasteiger partial charge in [-0.15, -0.1) is 0 Å². The van der Waals surface area contributed by atoms with Crippen molar-refractivity contribution in [1.82, 2.24) is 9.88 Å². The fourth-order valence-corrected chi connectivity index (χ4v) is 2.98. The lowest BCUT2D eigenvalue weighted by atomic mass is 10.2. The zero-order valence-electron chi connectivity index (χ0n) is 8.68. The summed E-state index contributed by atoms with van der Waals surface area (Å²) in [4.78, 5) is 0. The largest absolute Gasteiger partial charge is 0.341 e. The average Bonchev–Trinajstić information content (AvgIpc) is 2.54. The summed E-state index contributed by atoms with van der Waals surface area (Å²) in [5.41, 5.74) is 4.05. The molecule has 15 heavy (non-hydrogen) atoms. The van der Waals surface area contributed by atoms with Crippen LogP contribution in [0.4, 0.5) is 0 Å². The van der Waals surface area contributed by atoms with Gasteiger partial charge in [0.25, 0.3) is 0 Å². The maximum Gasteiger partial charge on any atom is 0.0495 e. The molecular formula is C12H13BrN2. The van der Waals surface area contributed by atoms with Crippen LogP contribution in [0.25, 0.3) is 10.9 Å². The van der Waals surface area contributed by atoms with Gasteiger partial charge in [0.2, 0.25) is 0 Å². The molecule has 2 aromatic rings. The molecule has 0 unspecified atom stereocenters. The van der Waals surface area contributed by atoms with Gasteiger partial charge in [0.05, 0.1) is 0 Å². The van der Waals surface area contributed by atoms with E-state index in [2.05, 4.69) is 50.9 Å². The highest BCUT2D eigenvalue weighted by Gasteiger charge is 2.17. The van der Waals surface area contributed by atoms with E-state index >= 15 is 0 Å². The van der Waals surface area contributed by atoms with Crippen LogP contribution in [0.5, 0.6) is 0 Å². The molecule has 0 saturated carbocycles. The summed E-state index contributed by atoms with van der Waals surface area (Å²) < 4.78 is 3.67. The second-order valence-electron chi connectivity index (χ2n) is 4.11. The number of nitrogens with one attached hydrogen (secondary N) is 1. The first-order valence-corrected chi connectivity index (χ1v) is 6.04. The van der Waals surface area contributed by atoms with Crippen LogP contribution in [-0.4, -0.2) is 11.1 Å². The molecule has 0 atom stereocenters. The lowest BCUT2D eigenvalue weighted by molar-refractivity contribution is 0.525. The molecule has 0 amide bonds. The third kappa shape index (κ3) is 1.34. The fourth-order valence-electron chi connectivity index (χ4n) is 2.31. The van der Waals surface area contributed by atoms with Gasteiger partial charge in [0.15, 0.2) is 0 Å². The molecule has 1 aromatic carbocycles.